The van der Waals surface area contributed by atoms with Gasteiger partial charge in [-0.05, 0) is 11.0 Å². The molecule has 2 aromatic rings. The molecule has 0 saturated heterocycles. The standard InChI is InChI=1S/C13H14N2O2S/c1-13(2,3)9-7-5-4-6-8(9)10-14-15-11(18-10)12(16)17/h4-7H,1-3H3,(H,16,17). The van der Waals surface area contributed by atoms with Gasteiger partial charge in [0.1, 0.15) is 5.01 Å². The lowest BCUT2D eigenvalue weighted by atomic mass is 9.84. The van der Waals surface area contributed by atoms with Crippen LogP contribution >= 0.6 is 11.3 Å². The summed E-state index contributed by atoms with van der Waals surface area (Å²) in [5, 5.41) is 17.2. The van der Waals surface area contributed by atoms with Crippen LogP contribution in [0.25, 0.3) is 10.6 Å². The maximum absolute atomic E-state index is 10.8. The number of nitrogens with zero attached hydrogens (tertiary/aromatic N) is 2. The zero-order valence-corrected chi connectivity index (χ0v) is 11.3. The fourth-order valence-corrected chi connectivity index (χ4v) is 2.46. The van der Waals surface area contributed by atoms with E-state index in [1.807, 2.05) is 24.3 Å². The van der Waals surface area contributed by atoms with E-state index in [2.05, 4.69) is 31.0 Å². The van der Waals surface area contributed by atoms with Crippen molar-refractivity contribution in [1.29, 1.82) is 0 Å². The van der Waals surface area contributed by atoms with Gasteiger partial charge in [0, 0.05) is 5.56 Å². The second-order valence-electron chi connectivity index (χ2n) is 5.01. The number of aromatic carboxylic acids is 1. The van der Waals surface area contributed by atoms with Gasteiger partial charge >= 0.3 is 5.97 Å². The fourth-order valence-electron chi connectivity index (χ4n) is 1.74. The summed E-state index contributed by atoms with van der Waals surface area (Å²) < 4.78 is 0. The number of carbonyl (C=O) groups is 1. The van der Waals surface area contributed by atoms with Crippen molar-refractivity contribution in [3.05, 3.63) is 34.8 Å². The molecule has 0 unspecified atom stereocenters. The second kappa shape index (κ2) is 4.49. The van der Waals surface area contributed by atoms with Crippen LogP contribution in [0.3, 0.4) is 0 Å². The summed E-state index contributed by atoms with van der Waals surface area (Å²) in [5.41, 5.74) is 2.07. The highest BCUT2D eigenvalue weighted by atomic mass is 32.1. The molecule has 2 rings (SSSR count). The third kappa shape index (κ3) is 2.41. The van der Waals surface area contributed by atoms with Gasteiger partial charge in [-0.25, -0.2) is 4.79 Å². The Morgan fingerprint density at radius 2 is 1.89 bits per heavy atom. The Bertz CT molecular complexity index is 585. The van der Waals surface area contributed by atoms with Crippen molar-refractivity contribution in [2.24, 2.45) is 0 Å². The van der Waals surface area contributed by atoms with E-state index in [0.29, 0.717) is 5.01 Å². The minimum absolute atomic E-state index is 0.0220. The molecular weight excluding hydrogens is 248 g/mol. The topological polar surface area (TPSA) is 63.1 Å². The van der Waals surface area contributed by atoms with E-state index in [1.54, 1.807) is 0 Å². The summed E-state index contributed by atoms with van der Waals surface area (Å²) in [4.78, 5) is 10.8. The molecule has 94 valence electrons. The summed E-state index contributed by atoms with van der Waals surface area (Å²) in [6.07, 6.45) is 0. The van der Waals surface area contributed by atoms with Crippen molar-refractivity contribution in [2.45, 2.75) is 26.2 Å². The highest BCUT2D eigenvalue weighted by Gasteiger charge is 2.21. The second-order valence-corrected chi connectivity index (χ2v) is 5.99. The Morgan fingerprint density at radius 3 is 2.44 bits per heavy atom. The highest BCUT2D eigenvalue weighted by molar-refractivity contribution is 7.16. The van der Waals surface area contributed by atoms with E-state index >= 15 is 0 Å². The lowest BCUT2D eigenvalue weighted by Crippen LogP contribution is -2.12. The van der Waals surface area contributed by atoms with Gasteiger partial charge in [0.15, 0.2) is 0 Å². The van der Waals surface area contributed by atoms with Crippen molar-refractivity contribution in [3.63, 3.8) is 0 Å². The molecule has 1 N–H and O–H groups in total. The van der Waals surface area contributed by atoms with Crippen molar-refractivity contribution in [1.82, 2.24) is 10.2 Å². The summed E-state index contributed by atoms with van der Waals surface area (Å²) in [5.74, 6) is -1.04. The molecule has 0 aliphatic carbocycles. The first-order valence-electron chi connectivity index (χ1n) is 5.56. The SMILES string of the molecule is CC(C)(C)c1ccccc1-c1nnc(C(=O)O)s1. The zero-order valence-electron chi connectivity index (χ0n) is 10.5. The number of hydrogen-bond acceptors (Lipinski definition) is 4. The number of carboxylic acids is 1. The molecule has 0 bridgehead atoms. The Morgan fingerprint density at radius 1 is 1.22 bits per heavy atom. The molecule has 0 atom stereocenters. The minimum atomic E-state index is -1.04. The maximum Gasteiger partial charge on any atom is 0.367 e. The number of hydrogen-bond donors (Lipinski definition) is 1. The first-order valence-corrected chi connectivity index (χ1v) is 6.38. The van der Waals surface area contributed by atoms with Crippen LogP contribution in [0.15, 0.2) is 24.3 Å². The molecule has 1 aromatic carbocycles. The number of rotatable bonds is 2. The van der Waals surface area contributed by atoms with Gasteiger partial charge in [0.05, 0.1) is 0 Å². The highest BCUT2D eigenvalue weighted by Crippen LogP contribution is 2.34. The molecule has 18 heavy (non-hydrogen) atoms. The van der Waals surface area contributed by atoms with Crippen LogP contribution in [0.5, 0.6) is 0 Å². The van der Waals surface area contributed by atoms with Gasteiger partial charge < -0.3 is 5.11 Å². The molecule has 0 aliphatic rings. The summed E-state index contributed by atoms with van der Waals surface area (Å²) in [6.45, 7) is 6.35. The van der Waals surface area contributed by atoms with Crippen LogP contribution in [-0.4, -0.2) is 21.3 Å². The van der Waals surface area contributed by atoms with Gasteiger partial charge in [-0.2, -0.15) is 0 Å². The van der Waals surface area contributed by atoms with Gasteiger partial charge in [-0.15, -0.1) is 10.2 Å². The Balaban J connectivity index is 2.53. The van der Waals surface area contributed by atoms with Gasteiger partial charge in [-0.1, -0.05) is 56.4 Å². The first kappa shape index (κ1) is 12.7. The van der Waals surface area contributed by atoms with Crippen LogP contribution in [0.4, 0.5) is 0 Å². The number of aromatic nitrogens is 2. The van der Waals surface area contributed by atoms with Gasteiger partial charge in [-0.3, -0.25) is 0 Å². The normalized spacial score (nSPS) is 11.5. The third-order valence-corrected chi connectivity index (χ3v) is 3.52. The van der Waals surface area contributed by atoms with Crippen LogP contribution in [-0.2, 0) is 5.41 Å². The van der Waals surface area contributed by atoms with Gasteiger partial charge in [0.2, 0.25) is 5.01 Å². The number of benzene rings is 1. The molecule has 0 fully saturated rings. The molecule has 0 spiro atoms. The zero-order chi connectivity index (χ0) is 13.3. The fraction of sp³-hybridized carbons (Fsp3) is 0.308. The van der Waals surface area contributed by atoms with Crippen LogP contribution in [0, 0.1) is 0 Å². The lowest BCUT2D eigenvalue weighted by Gasteiger charge is -2.21. The Kier molecular flexibility index (Phi) is 3.17. The first-order chi connectivity index (χ1) is 8.39. The van der Waals surface area contributed by atoms with Crippen molar-refractivity contribution >= 4 is 17.3 Å². The largest absolute Gasteiger partial charge is 0.476 e. The summed E-state index contributed by atoms with van der Waals surface area (Å²) in [6, 6.07) is 7.89. The monoisotopic (exact) mass is 262 g/mol. The predicted molar refractivity (Wildman–Crippen MR) is 71.0 cm³/mol. The average molecular weight is 262 g/mol. The maximum atomic E-state index is 10.8. The van der Waals surface area contributed by atoms with E-state index in [4.69, 9.17) is 5.11 Å². The molecular formula is C13H14N2O2S. The van der Waals surface area contributed by atoms with E-state index in [1.165, 1.54) is 0 Å². The summed E-state index contributed by atoms with van der Waals surface area (Å²) in [7, 11) is 0. The van der Waals surface area contributed by atoms with E-state index < -0.39 is 5.97 Å². The van der Waals surface area contributed by atoms with Crippen molar-refractivity contribution in [3.8, 4) is 10.6 Å². The van der Waals surface area contributed by atoms with Crippen LogP contribution in [0.1, 0.15) is 36.1 Å². The molecule has 0 amide bonds. The van der Waals surface area contributed by atoms with E-state index in [-0.39, 0.29) is 10.4 Å². The predicted octanol–water partition coefficient (Wildman–Crippen LogP) is 3.20. The molecule has 1 heterocycles. The average Bonchev–Trinajstić information content (AvgIpc) is 2.77. The summed E-state index contributed by atoms with van der Waals surface area (Å²) >= 11 is 1.10. The Hall–Kier alpha value is -1.75. The van der Waals surface area contributed by atoms with Crippen LogP contribution in [0.2, 0.25) is 0 Å². The smallest absolute Gasteiger partial charge is 0.367 e. The molecule has 1 aromatic heterocycles. The minimum Gasteiger partial charge on any atom is -0.476 e. The third-order valence-electron chi connectivity index (χ3n) is 2.57. The van der Waals surface area contributed by atoms with Crippen molar-refractivity contribution in [2.75, 3.05) is 0 Å². The van der Waals surface area contributed by atoms with E-state index in [0.717, 1.165) is 22.5 Å². The molecule has 4 nitrogen and oxygen atoms in total. The molecule has 0 saturated carbocycles. The van der Waals surface area contributed by atoms with E-state index in [9.17, 15) is 4.79 Å². The lowest BCUT2D eigenvalue weighted by molar-refractivity contribution is 0.0695. The Labute approximate surface area is 109 Å². The van der Waals surface area contributed by atoms with Crippen LogP contribution < -0.4 is 0 Å². The molecule has 0 aliphatic heterocycles. The quantitative estimate of drug-likeness (QED) is 0.902. The molecule has 5 heteroatoms. The van der Waals surface area contributed by atoms with Crippen molar-refractivity contribution < 1.29 is 9.90 Å². The van der Waals surface area contributed by atoms with Gasteiger partial charge in [0.25, 0.3) is 0 Å². The molecule has 0 radical (unpaired) electrons. The number of carboxylic acid groups (broad SMARTS) is 1.